The van der Waals surface area contributed by atoms with Gasteiger partial charge in [-0.1, -0.05) is 24.3 Å². The summed E-state index contributed by atoms with van der Waals surface area (Å²) in [5, 5.41) is 10.7. The molecular weight excluding hydrogens is 220 g/mol. The van der Waals surface area contributed by atoms with Gasteiger partial charge in [-0.15, -0.1) is 0 Å². The number of nitro groups is 1. The Bertz CT molecular complexity index is 407. The quantitative estimate of drug-likeness (QED) is 0.371. The first-order valence-electron chi connectivity index (χ1n) is 4.03. The summed E-state index contributed by atoms with van der Waals surface area (Å²) in [4.78, 5) is 9.91. The number of nitrogens with two attached hydrogens (primary N) is 1. The molecule has 0 saturated carbocycles. The average Bonchev–Trinajstić information content (AvgIpc) is 2.18. The molecule has 15 heavy (non-hydrogen) atoms. The van der Waals surface area contributed by atoms with Gasteiger partial charge in [0, 0.05) is 12.1 Å². The van der Waals surface area contributed by atoms with E-state index in [2.05, 4.69) is 6.58 Å². The number of ether oxygens (including phenoxy) is 1. The molecule has 0 unspecified atom stereocenters. The Balaban J connectivity index is 3.07. The number of nitro benzene ring substituents is 1. The molecule has 0 heterocycles. The Morgan fingerprint density at radius 3 is 2.87 bits per heavy atom. The molecule has 0 aliphatic rings. The van der Waals surface area contributed by atoms with Gasteiger partial charge in [0.05, 0.1) is 9.95 Å². The molecule has 0 fully saturated rings. The zero-order chi connectivity index (χ0) is 11.4. The van der Waals surface area contributed by atoms with Crippen LogP contribution in [0.1, 0.15) is 0 Å². The standard InChI is InChI=1S/C9H9ClN2O3/c1-2-3-15-9-5-7(11)8(12(13)14)4-6(9)10/h2,4-5H,1,3,11H2. The van der Waals surface area contributed by atoms with Crippen LogP contribution in [-0.2, 0) is 0 Å². The minimum absolute atomic E-state index is 0.0171. The molecule has 0 aromatic heterocycles. The molecule has 0 radical (unpaired) electrons. The Labute approximate surface area is 91.2 Å². The van der Waals surface area contributed by atoms with Crippen molar-refractivity contribution in [1.82, 2.24) is 0 Å². The second-order valence-corrected chi connectivity index (χ2v) is 3.11. The number of hydrogen-bond donors (Lipinski definition) is 1. The molecule has 0 aliphatic carbocycles. The van der Waals surface area contributed by atoms with Crippen molar-refractivity contribution in [2.75, 3.05) is 12.3 Å². The normalized spacial score (nSPS) is 9.67. The van der Waals surface area contributed by atoms with Crippen LogP contribution in [0.2, 0.25) is 5.02 Å². The van der Waals surface area contributed by atoms with Gasteiger partial charge in [0.25, 0.3) is 5.69 Å². The first-order valence-corrected chi connectivity index (χ1v) is 4.41. The second kappa shape index (κ2) is 4.65. The van der Waals surface area contributed by atoms with Crippen LogP contribution in [0.25, 0.3) is 0 Å². The molecule has 1 aromatic carbocycles. The van der Waals surface area contributed by atoms with Gasteiger partial charge in [-0.05, 0) is 0 Å². The van der Waals surface area contributed by atoms with Crippen LogP contribution in [0.5, 0.6) is 5.75 Å². The van der Waals surface area contributed by atoms with Gasteiger partial charge >= 0.3 is 0 Å². The molecule has 0 bridgehead atoms. The average molecular weight is 229 g/mol. The van der Waals surface area contributed by atoms with E-state index in [4.69, 9.17) is 22.1 Å². The SMILES string of the molecule is C=CCOc1cc(N)c([N+](=O)[O-])cc1Cl. The molecule has 6 heteroatoms. The lowest BCUT2D eigenvalue weighted by molar-refractivity contribution is -0.383. The number of halogens is 1. The van der Waals surface area contributed by atoms with Gasteiger partial charge in [-0.3, -0.25) is 10.1 Å². The zero-order valence-corrected chi connectivity index (χ0v) is 8.53. The van der Waals surface area contributed by atoms with Crippen molar-refractivity contribution in [3.05, 3.63) is 39.9 Å². The van der Waals surface area contributed by atoms with E-state index in [1.54, 1.807) is 0 Å². The van der Waals surface area contributed by atoms with Crippen molar-refractivity contribution in [3.63, 3.8) is 0 Å². The highest BCUT2D eigenvalue weighted by atomic mass is 35.5. The van der Waals surface area contributed by atoms with Crippen LogP contribution >= 0.6 is 11.6 Å². The Hall–Kier alpha value is -1.75. The maximum Gasteiger partial charge on any atom is 0.293 e. The molecule has 1 rings (SSSR count). The van der Waals surface area contributed by atoms with Crippen molar-refractivity contribution in [1.29, 1.82) is 0 Å². The number of anilines is 1. The minimum atomic E-state index is -0.599. The maximum absolute atomic E-state index is 10.5. The summed E-state index contributed by atoms with van der Waals surface area (Å²) in [5.41, 5.74) is 5.24. The highest BCUT2D eigenvalue weighted by molar-refractivity contribution is 6.32. The van der Waals surface area contributed by atoms with Gasteiger partial charge in [-0.2, -0.15) is 0 Å². The fourth-order valence-corrected chi connectivity index (χ4v) is 1.19. The third kappa shape index (κ3) is 2.60. The summed E-state index contributed by atoms with van der Waals surface area (Å²) >= 11 is 5.76. The fourth-order valence-electron chi connectivity index (χ4n) is 0.976. The topological polar surface area (TPSA) is 78.4 Å². The van der Waals surface area contributed by atoms with E-state index in [0.717, 1.165) is 6.07 Å². The van der Waals surface area contributed by atoms with Crippen LogP contribution in [0.4, 0.5) is 11.4 Å². The van der Waals surface area contributed by atoms with E-state index in [1.165, 1.54) is 12.1 Å². The summed E-state index contributed by atoms with van der Waals surface area (Å²) in [6, 6.07) is 2.49. The van der Waals surface area contributed by atoms with Crippen LogP contribution in [0.15, 0.2) is 24.8 Å². The van der Waals surface area contributed by atoms with Gasteiger partial charge in [0.1, 0.15) is 18.0 Å². The smallest absolute Gasteiger partial charge is 0.293 e. The van der Waals surface area contributed by atoms with Crippen LogP contribution < -0.4 is 10.5 Å². The maximum atomic E-state index is 10.5. The number of nitrogens with zero attached hydrogens (tertiary/aromatic N) is 1. The van der Waals surface area contributed by atoms with E-state index >= 15 is 0 Å². The number of hydrogen-bond acceptors (Lipinski definition) is 4. The third-order valence-electron chi connectivity index (χ3n) is 1.63. The second-order valence-electron chi connectivity index (χ2n) is 2.70. The molecule has 0 amide bonds. The van der Waals surface area contributed by atoms with Crippen LogP contribution in [0.3, 0.4) is 0 Å². The van der Waals surface area contributed by atoms with Gasteiger partial charge in [-0.25, -0.2) is 0 Å². The minimum Gasteiger partial charge on any atom is -0.488 e. The van der Waals surface area contributed by atoms with E-state index < -0.39 is 4.92 Å². The van der Waals surface area contributed by atoms with Crippen molar-refractivity contribution < 1.29 is 9.66 Å². The predicted octanol–water partition coefficient (Wildman–Crippen LogP) is 2.40. The Morgan fingerprint density at radius 1 is 1.67 bits per heavy atom. The van der Waals surface area contributed by atoms with E-state index in [9.17, 15) is 10.1 Å². The van der Waals surface area contributed by atoms with Gasteiger partial charge < -0.3 is 10.5 Å². The monoisotopic (exact) mass is 228 g/mol. The number of nitrogen functional groups attached to an aromatic ring is 1. The molecule has 80 valence electrons. The molecular formula is C9H9ClN2O3. The largest absolute Gasteiger partial charge is 0.488 e. The first kappa shape index (κ1) is 11.3. The fraction of sp³-hybridized carbons (Fsp3) is 0.111. The summed E-state index contributed by atoms with van der Waals surface area (Å²) in [7, 11) is 0. The van der Waals surface area contributed by atoms with E-state index in [0.29, 0.717) is 5.75 Å². The zero-order valence-electron chi connectivity index (χ0n) is 7.77. The van der Waals surface area contributed by atoms with Crippen LogP contribution in [-0.4, -0.2) is 11.5 Å². The Kier molecular flexibility index (Phi) is 3.51. The summed E-state index contributed by atoms with van der Waals surface area (Å²) in [6.07, 6.45) is 1.54. The van der Waals surface area contributed by atoms with Crippen molar-refractivity contribution >= 4 is 23.0 Å². The third-order valence-corrected chi connectivity index (χ3v) is 1.93. The van der Waals surface area contributed by atoms with E-state index in [1.807, 2.05) is 0 Å². The van der Waals surface area contributed by atoms with Crippen molar-refractivity contribution in [3.8, 4) is 5.75 Å². The van der Waals surface area contributed by atoms with Gasteiger partial charge in [0.2, 0.25) is 0 Å². The summed E-state index contributed by atoms with van der Waals surface area (Å²) in [5.74, 6) is 0.305. The molecule has 1 aromatic rings. The summed E-state index contributed by atoms with van der Waals surface area (Å²) in [6.45, 7) is 3.73. The van der Waals surface area contributed by atoms with Crippen LogP contribution in [0, 0.1) is 10.1 Å². The molecule has 0 saturated heterocycles. The Morgan fingerprint density at radius 2 is 2.33 bits per heavy atom. The highest BCUT2D eigenvalue weighted by Gasteiger charge is 2.15. The molecule has 0 spiro atoms. The van der Waals surface area contributed by atoms with E-state index in [-0.39, 0.29) is 23.0 Å². The highest BCUT2D eigenvalue weighted by Crippen LogP contribution is 2.33. The number of rotatable bonds is 4. The lowest BCUT2D eigenvalue weighted by atomic mass is 10.2. The summed E-state index contributed by atoms with van der Waals surface area (Å²) < 4.78 is 5.15. The molecule has 5 nitrogen and oxygen atoms in total. The first-order chi connectivity index (χ1) is 7.06. The molecule has 0 aliphatic heterocycles. The molecule has 2 N–H and O–H groups in total. The molecule has 0 atom stereocenters. The van der Waals surface area contributed by atoms with Crippen molar-refractivity contribution in [2.45, 2.75) is 0 Å². The predicted molar refractivity (Wildman–Crippen MR) is 58.2 cm³/mol. The van der Waals surface area contributed by atoms with Gasteiger partial charge in [0.15, 0.2) is 0 Å². The van der Waals surface area contributed by atoms with Crippen molar-refractivity contribution in [2.24, 2.45) is 0 Å². The lowest BCUT2D eigenvalue weighted by Gasteiger charge is -2.06. The number of benzene rings is 1. The lowest BCUT2D eigenvalue weighted by Crippen LogP contribution is -1.99.